The zero-order valence-corrected chi connectivity index (χ0v) is 17.4. The molecule has 3 rings (SSSR count). The molecule has 1 unspecified atom stereocenters. The molecule has 3 aromatic rings. The lowest BCUT2D eigenvalue weighted by Gasteiger charge is -2.14. The molecule has 0 saturated heterocycles. The third kappa shape index (κ3) is 7.42. The van der Waals surface area contributed by atoms with Crippen molar-refractivity contribution in [2.75, 3.05) is 6.54 Å². The summed E-state index contributed by atoms with van der Waals surface area (Å²) >= 11 is 0. The van der Waals surface area contributed by atoms with Crippen molar-refractivity contribution in [1.82, 2.24) is 10.6 Å². The molecular formula is C25H28N2O4. The summed E-state index contributed by atoms with van der Waals surface area (Å²) in [6, 6.07) is 23.0. The van der Waals surface area contributed by atoms with Crippen LogP contribution in [0.3, 0.4) is 0 Å². The van der Waals surface area contributed by atoms with E-state index in [1.807, 2.05) is 42.5 Å². The molecule has 0 radical (unpaired) electrons. The van der Waals surface area contributed by atoms with Gasteiger partial charge in [-0.3, -0.25) is 0 Å². The summed E-state index contributed by atoms with van der Waals surface area (Å²) in [5.41, 5.74) is 2.06. The molecule has 6 nitrogen and oxygen atoms in total. The molecular weight excluding hydrogens is 392 g/mol. The van der Waals surface area contributed by atoms with Crippen LogP contribution >= 0.6 is 0 Å². The largest absolute Gasteiger partial charge is 0.480 e. The van der Waals surface area contributed by atoms with Crippen LogP contribution in [0.4, 0.5) is 4.79 Å². The van der Waals surface area contributed by atoms with Gasteiger partial charge in [0.15, 0.2) is 0 Å². The van der Waals surface area contributed by atoms with Gasteiger partial charge in [0.05, 0.1) is 0 Å². The minimum absolute atomic E-state index is 0.109. The van der Waals surface area contributed by atoms with Crippen LogP contribution in [0.5, 0.6) is 0 Å². The van der Waals surface area contributed by atoms with Gasteiger partial charge in [-0.05, 0) is 53.8 Å². The number of unbranched alkanes of at least 4 members (excludes halogenated alkanes) is 1. The van der Waals surface area contributed by atoms with Gasteiger partial charge in [0, 0.05) is 6.54 Å². The average Bonchev–Trinajstić information content (AvgIpc) is 2.79. The number of carbonyl (C=O) groups is 2. The first-order valence-corrected chi connectivity index (χ1v) is 10.5. The molecule has 0 aliphatic rings. The van der Waals surface area contributed by atoms with Gasteiger partial charge in [-0.25, -0.2) is 9.59 Å². The van der Waals surface area contributed by atoms with E-state index >= 15 is 0 Å². The molecule has 0 aliphatic heterocycles. The van der Waals surface area contributed by atoms with E-state index in [-0.39, 0.29) is 6.61 Å². The van der Waals surface area contributed by atoms with Crippen molar-refractivity contribution in [2.24, 2.45) is 0 Å². The van der Waals surface area contributed by atoms with Gasteiger partial charge in [0.2, 0.25) is 0 Å². The molecule has 0 heterocycles. The highest BCUT2D eigenvalue weighted by atomic mass is 16.5. The molecule has 0 saturated carbocycles. The second-order valence-corrected chi connectivity index (χ2v) is 7.45. The number of hydrogen-bond acceptors (Lipinski definition) is 4. The summed E-state index contributed by atoms with van der Waals surface area (Å²) < 4.78 is 5.11. The first-order valence-electron chi connectivity index (χ1n) is 10.5. The SMILES string of the molecule is O=C(NC(CCCCNCc1ccc2ccccc2c1)C(=O)O)OCc1ccccc1. The van der Waals surface area contributed by atoms with E-state index in [0.717, 1.165) is 25.1 Å². The van der Waals surface area contributed by atoms with Crippen LogP contribution < -0.4 is 10.6 Å². The minimum atomic E-state index is -1.05. The van der Waals surface area contributed by atoms with Crippen molar-refractivity contribution in [1.29, 1.82) is 0 Å². The van der Waals surface area contributed by atoms with Crippen LogP contribution in [0.1, 0.15) is 30.4 Å². The summed E-state index contributed by atoms with van der Waals surface area (Å²) in [6.07, 6.45) is 1.14. The van der Waals surface area contributed by atoms with E-state index in [2.05, 4.69) is 41.0 Å². The van der Waals surface area contributed by atoms with Gasteiger partial charge < -0.3 is 20.5 Å². The monoisotopic (exact) mass is 420 g/mol. The molecule has 31 heavy (non-hydrogen) atoms. The number of nitrogens with one attached hydrogen (secondary N) is 2. The second kappa shape index (κ2) is 11.7. The molecule has 162 valence electrons. The Hall–Kier alpha value is -3.38. The van der Waals surface area contributed by atoms with Crippen molar-refractivity contribution in [2.45, 2.75) is 38.5 Å². The van der Waals surface area contributed by atoms with E-state index in [1.54, 1.807) is 0 Å². The quantitative estimate of drug-likeness (QED) is 0.398. The van der Waals surface area contributed by atoms with Gasteiger partial charge >= 0.3 is 12.1 Å². The standard InChI is InChI=1S/C25H28N2O4/c28-24(29)23(27-25(30)31-18-19-8-2-1-3-9-19)12-6-7-15-26-17-20-13-14-21-10-4-5-11-22(21)16-20/h1-5,8-11,13-14,16,23,26H,6-7,12,15,17-18H2,(H,27,30)(H,28,29). The maximum atomic E-state index is 11.9. The molecule has 1 amide bonds. The fourth-order valence-corrected chi connectivity index (χ4v) is 3.34. The van der Waals surface area contributed by atoms with Crippen LogP contribution in [0, 0.1) is 0 Å². The first-order chi connectivity index (χ1) is 15.1. The second-order valence-electron chi connectivity index (χ2n) is 7.45. The van der Waals surface area contributed by atoms with Crippen molar-refractivity contribution >= 4 is 22.8 Å². The number of alkyl carbamates (subject to hydrolysis) is 1. The first kappa shape index (κ1) is 22.3. The van der Waals surface area contributed by atoms with Crippen LogP contribution in [0.15, 0.2) is 72.8 Å². The maximum Gasteiger partial charge on any atom is 0.408 e. The fraction of sp³-hybridized carbons (Fsp3) is 0.280. The number of aliphatic carboxylic acids is 1. The summed E-state index contributed by atoms with van der Waals surface area (Å²) in [5, 5.41) is 17.6. The van der Waals surface area contributed by atoms with Crippen molar-refractivity contribution in [3.8, 4) is 0 Å². The lowest BCUT2D eigenvalue weighted by atomic mass is 10.1. The number of ether oxygens (including phenoxy) is 1. The third-order valence-corrected chi connectivity index (χ3v) is 5.04. The molecule has 0 fully saturated rings. The van der Waals surface area contributed by atoms with Crippen molar-refractivity contribution < 1.29 is 19.4 Å². The highest BCUT2D eigenvalue weighted by molar-refractivity contribution is 5.83. The van der Waals surface area contributed by atoms with Crippen LogP contribution in [-0.2, 0) is 22.7 Å². The topological polar surface area (TPSA) is 87.7 Å². The number of fused-ring (bicyclic) bond motifs is 1. The van der Waals surface area contributed by atoms with Crippen molar-refractivity contribution in [3.05, 3.63) is 83.9 Å². The molecule has 0 aliphatic carbocycles. The van der Waals surface area contributed by atoms with Crippen molar-refractivity contribution in [3.63, 3.8) is 0 Å². The Labute approximate surface area is 182 Å². The van der Waals surface area contributed by atoms with Crippen LogP contribution in [-0.4, -0.2) is 29.8 Å². The van der Waals surface area contributed by atoms with E-state index in [4.69, 9.17) is 4.74 Å². The molecule has 0 aromatic heterocycles. The zero-order chi connectivity index (χ0) is 21.9. The Morgan fingerprint density at radius 2 is 1.61 bits per heavy atom. The predicted molar refractivity (Wildman–Crippen MR) is 121 cm³/mol. The number of carboxylic acids is 1. The van der Waals surface area contributed by atoms with Gasteiger partial charge in [-0.15, -0.1) is 0 Å². The predicted octanol–water partition coefficient (Wildman–Crippen LogP) is 4.48. The summed E-state index contributed by atoms with van der Waals surface area (Å²) in [7, 11) is 0. The van der Waals surface area contributed by atoms with E-state index in [0.29, 0.717) is 12.8 Å². The number of carbonyl (C=O) groups excluding carboxylic acids is 1. The normalized spacial score (nSPS) is 11.7. The third-order valence-electron chi connectivity index (χ3n) is 5.04. The average molecular weight is 421 g/mol. The van der Waals surface area contributed by atoms with E-state index < -0.39 is 18.1 Å². The fourth-order valence-electron chi connectivity index (χ4n) is 3.34. The Morgan fingerprint density at radius 3 is 2.39 bits per heavy atom. The molecule has 0 spiro atoms. The number of hydrogen-bond donors (Lipinski definition) is 3. The molecule has 0 bridgehead atoms. The number of carboxylic acid groups (broad SMARTS) is 1. The lowest BCUT2D eigenvalue weighted by Crippen LogP contribution is -2.41. The summed E-state index contributed by atoms with van der Waals surface area (Å²) in [5.74, 6) is -1.05. The maximum absolute atomic E-state index is 11.9. The van der Waals surface area contributed by atoms with Gasteiger partial charge in [0.1, 0.15) is 12.6 Å². The van der Waals surface area contributed by atoms with E-state index in [1.165, 1.54) is 16.3 Å². The van der Waals surface area contributed by atoms with E-state index in [9.17, 15) is 14.7 Å². The van der Waals surface area contributed by atoms with Crippen LogP contribution in [0.2, 0.25) is 0 Å². The molecule has 1 atom stereocenters. The highest BCUT2D eigenvalue weighted by Crippen LogP contribution is 2.15. The van der Waals surface area contributed by atoms with Gasteiger partial charge in [-0.2, -0.15) is 0 Å². The van der Waals surface area contributed by atoms with Gasteiger partial charge in [-0.1, -0.05) is 66.7 Å². The number of amides is 1. The Bertz CT molecular complexity index is 991. The smallest absolute Gasteiger partial charge is 0.408 e. The minimum Gasteiger partial charge on any atom is -0.480 e. The number of rotatable bonds is 11. The van der Waals surface area contributed by atoms with Gasteiger partial charge in [0.25, 0.3) is 0 Å². The summed E-state index contributed by atoms with van der Waals surface area (Å²) in [6.45, 7) is 1.65. The lowest BCUT2D eigenvalue weighted by molar-refractivity contribution is -0.139. The molecule has 3 N–H and O–H groups in total. The van der Waals surface area contributed by atoms with Crippen LogP contribution in [0.25, 0.3) is 10.8 Å². The molecule has 6 heteroatoms. The zero-order valence-electron chi connectivity index (χ0n) is 17.4. The Morgan fingerprint density at radius 1 is 0.871 bits per heavy atom. The Kier molecular flexibility index (Phi) is 8.43. The summed E-state index contributed by atoms with van der Waals surface area (Å²) in [4.78, 5) is 23.3. The highest BCUT2D eigenvalue weighted by Gasteiger charge is 2.20. The molecule has 3 aromatic carbocycles. The number of benzene rings is 3. The Balaban J connectivity index is 1.33.